The third-order valence-electron chi connectivity index (χ3n) is 6.64. The number of nitrogens with one attached hydrogen (secondary N) is 1. The van der Waals surface area contributed by atoms with Crippen molar-refractivity contribution in [2.45, 2.75) is 70.1 Å². The molecule has 32 heavy (non-hydrogen) atoms. The summed E-state index contributed by atoms with van der Waals surface area (Å²) >= 11 is 0. The highest BCUT2D eigenvalue weighted by Crippen LogP contribution is 2.32. The largest absolute Gasteiger partial charge is 0.467 e. The molecule has 1 saturated carbocycles. The van der Waals surface area contributed by atoms with E-state index in [9.17, 15) is 9.59 Å². The molecule has 3 aromatic rings. The molecule has 0 spiro atoms. The normalized spacial score (nSPS) is 21.9. The average molecular weight is 437 g/mol. The van der Waals surface area contributed by atoms with Crippen LogP contribution in [0.2, 0.25) is 0 Å². The standard InChI is InChI=1S/C24H28N4O4/c1-24(23(30)25-17-8-4-2-3-5-9-17)16-28-20(14-19(26-28)21-11-7-13-32-21)22(29)27(24)15-18-10-6-12-31-18/h6-7,10-14,17H,2-5,8-9,15-16H2,1H3,(H,25,30). The molecule has 0 aromatic carbocycles. The molecule has 1 atom stereocenters. The van der Waals surface area contributed by atoms with Gasteiger partial charge in [0.25, 0.3) is 5.91 Å². The Hall–Kier alpha value is -3.29. The van der Waals surface area contributed by atoms with Crippen molar-refractivity contribution in [3.05, 3.63) is 54.3 Å². The maximum atomic E-state index is 13.6. The Bertz CT molecular complexity index is 1080. The number of carbonyl (C=O) groups excluding carboxylic acids is 2. The first-order valence-electron chi connectivity index (χ1n) is 11.3. The molecule has 2 aliphatic rings. The summed E-state index contributed by atoms with van der Waals surface area (Å²) in [7, 11) is 0. The van der Waals surface area contributed by atoms with Crippen LogP contribution in [0.15, 0.2) is 51.7 Å². The van der Waals surface area contributed by atoms with Crippen LogP contribution in [0.3, 0.4) is 0 Å². The van der Waals surface area contributed by atoms with Crippen LogP contribution < -0.4 is 5.32 Å². The van der Waals surface area contributed by atoms with Crippen LogP contribution in [0.4, 0.5) is 0 Å². The Morgan fingerprint density at radius 2 is 1.91 bits per heavy atom. The monoisotopic (exact) mass is 436 g/mol. The molecule has 0 saturated heterocycles. The Kier molecular flexibility index (Phi) is 5.36. The number of aromatic nitrogens is 2. The lowest BCUT2D eigenvalue weighted by Gasteiger charge is -2.43. The van der Waals surface area contributed by atoms with Crippen molar-refractivity contribution in [1.82, 2.24) is 20.0 Å². The molecule has 0 radical (unpaired) electrons. The highest BCUT2D eigenvalue weighted by molar-refractivity contribution is 6.00. The fourth-order valence-corrected chi connectivity index (χ4v) is 4.76. The van der Waals surface area contributed by atoms with E-state index in [1.165, 1.54) is 12.8 Å². The summed E-state index contributed by atoms with van der Waals surface area (Å²) in [5.74, 6) is 0.814. The van der Waals surface area contributed by atoms with Gasteiger partial charge < -0.3 is 19.1 Å². The van der Waals surface area contributed by atoms with Gasteiger partial charge in [-0.25, -0.2) is 0 Å². The highest BCUT2D eigenvalue weighted by atomic mass is 16.3. The topological polar surface area (TPSA) is 93.5 Å². The fourth-order valence-electron chi connectivity index (χ4n) is 4.76. The maximum Gasteiger partial charge on any atom is 0.273 e. The van der Waals surface area contributed by atoms with Gasteiger partial charge in [0.1, 0.15) is 22.7 Å². The van der Waals surface area contributed by atoms with Gasteiger partial charge in [0.05, 0.1) is 25.6 Å². The van der Waals surface area contributed by atoms with Crippen LogP contribution in [0.5, 0.6) is 0 Å². The maximum absolute atomic E-state index is 13.6. The number of fused-ring (bicyclic) bond motifs is 1. The number of rotatable bonds is 5. The number of nitrogens with zero attached hydrogens (tertiary/aromatic N) is 3. The van der Waals surface area contributed by atoms with Gasteiger partial charge >= 0.3 is 0 Å². The van der Waals surface area contributed by atoms with Gasteiger partial charge in [0, 0.05) is 12.1 Å². The third kappa shape index (κ3) is 3.74. The Labute approximate surface area is 186 Å². The highest BCUT2D eigenvalue weighted by Gasteiger charge is 2.48. The summed E-state index contributed by atoms with van der Waals surface area (Å²) in [6.45, 7) is 2.28. The van der Waals surface area contributed by atoms with Crippen molar-refractivity contribution in [1.29, 1.82) is 0 Å². The van der Waals surface area contributed by atoms with E-state index in [2.05, 4.69) is 10.4 Å². The molecule has 2 amide bonds. The smallest absolute Gasteiger partial charge is 0.273 e. The average Bonchev–Trinajstić information content (AvgIpc) is 3.52. The van der Waals surface area contributed by atoms with E-state index in [0.717, 1.165) is 25.7 Å². The number of carbonyl (C=O) groups is 2. The molecule has 1 fully saturated rings. The molecule has 1 unspecified atom stereocenters. The Morgan fingerprint density at radius 1 is 1.16 bits per heavy atom. The summed E-state index contributed by atoms with van der Waals surface area (Å²) in [5, 5.41) is 7.83. The van der Waals surface area contributed by atoms with E-state index >= 15 is 0 Å². The lowest BCUT2D eigenvalue weighted by molar-refractivity contribution is -0.134. The third-order valence-corrected chi connectivity index (χ3v) is 6.64. The SMILES string of the molecule is CC1(C(=O)NC2CCCCCC2)Cn2nc(-c3ccco3)cc2C(=O)N1Cc1ccco1. The van der Waals surface area contributed by atoms with Gasteiger partial charge in [0.2, 0.25) is 5.91 Å². The Balaban J connectivity index is 1.48. The predicted molar refractivity (Wildman–Crippen MR) is 117 cm³/mol. The summed E-state index contributed by atoms with van der Waals surface area (Å²) in [6, 6.07) is 9.04. The van der Waals surface area contributed by atoms with E-state index in [1.54, 1.807) is 46.4 Å². The van der Waals surface area contributed by atoms with Crippen LogP contribution in [0.1, 0.15) is 61.7 Å². The molecule has 3 aromatic heterocycles. The first-order chi connectivity index (χ1) is 15.5. The van der Waals surface area contributed by atoms with Crippen molar-refractivity contribution in [3.63, 3.8) is 0 Å². The van der Waals surface area contributed by atoms with Crippen molar-refractivity contribution in [2.75, 3.05) is 0 Å². The molecule has 8 heteroatoms. The summed E-state index contributed by atoms with van der Waals surface area (Å²) in [4.78, 5) is 28.9. The summed E-state index contributed by atoms with van der Waals surface area (Å²) in [5.41, 5.74) is -0.0947. The zero-order valence-electron chi connectivity index (χ0n) is 18.3. The number of hydrogen-bond acceptors (Lipinski definition) is 5. The van der Waals surface area contributed by atoms with E-state index in [4.69, 9.17) is 8.83 Å². The molecule has 5 rings (SSSR count). The van der Waals surface area contributed by atoms with Gasteiger partial charge in [-0.1, -0.05) is 25.7 Å². The second-order valence-corrected chi connectivity index (χ2v) is 8.96. The van der Waals surface area contributed by atoms with Crippen LogP contribution in [-0.4, -0.2) is 38.1 Å². The predicted octanol–water partition coefficient (Wildman–Crippen LogP) is 3.99. The van der Waals surface area contributed by atoms with Crippen molar-refractivity contribution in [3.8, 4) is 11.5 Å². The first-order valence-corrected chi connectivity index (χ1v) is 11.3. The van der Waals surface area contributed by atoms with Crippen LogP contribution in [0.25, 0.3) is 11.5 Å². The minimum atomic E-state index is -1.10. The molecular formula is C24H28N4O4. The van der Waals surface area contributed by atoms with E-state index in [0.29, 0.717) is 22.9 Å². The van der Waals surface area contributed by atoms with Gasteiger partial charge in [0.15, 0.2) is 5.76 Å². The van der Waals surface area contributed by atoms with Gasteiger partial charge in [-0.3, -0.25) is 14.3 Å². The van der Waals surface area contributed by atoms with Crippen LogP contribution in [-0.2, 0) is 17.9 Å². The fraction of sp³-hybridized carbons (Fsp3) is 0.458. The van der Waals surface area contributed by atoms with Gasteiger partial charge in [-0.15, -0.1) is 0 Å². The van der Waals surface area contributed by atoms with E-state index in [1.807, 2.05) is 13.0 Å². The second kappa shape index (κ2) is 8.33. The minimum absolute atomic E-state index is 0.139. The summed E-state index contributed by atoms with van der Waals surface area (Å²) in [6.07, 6.45) is 9.75. The van der Waals surface area contributed by atoms with E-state index < -0.39 is 5.54 Å². The molecule has 8 nitrogen and oxygen atoms in total. The quantitative estimate of drug-likeness (QED) is 0.611. The van der Waals surface area contributed by atoms with Crippen LogP contribution in [0, 0.1) is 0 Å². The zero-order valence-corrected chi connectivity index (χ0v) is 18.3. The van der Waals surface area contributed by atoms with Crippen molar-refractivity contribution < 1.29 is 18.4 Å². The number of furan rings is 2. The molecular weight excluding hydrogens is 408 g/mol. The molecule has 1 aliphatic carbocycles. The number of hydrogen-bond donors (Lipinski definition) is 1. The van der Waals surface area contributed by atoms with Gasteiger partial charge in [-0.2, -0.15) is 5.10 Å². The summed E-state index contributed by atoms with van der Waals surface area (Å²) < 4.78 is 12.6. The molecule has 4 heterocycles. The zero-order chi connectivity index (χ0) is 22.1. The lowest BCUT2D eigenvalue weighted by Crippen LogP contribution is -2.64. The molecule has 168 valence electrons. The number of amides is 2. The van der Waals surface area contributed by atoms with Gasteiger partial charge in [-0.05, 0) is 44.0 Å². The minimum Gasteiger partial charge on any atom is -0.467 e. The Morgan fingerprint density at radius 3 is 2.59 bits per heavy atom. The van der Waals surface area contributed by atoms with E-state index in [-0.39, 0.29) is 30.9 Å². The second-order valence-electron chi connectivity index (χ2n) is 8.96. The first kappa shape index (κ1) is 20.6. The molecule has 1 aliphatic heterocycles. The lowest BCUT2D eigenvalue weighted by atomic mass is 9.93. The van der Waals surface area contributed by atoms with Crippen LogP contribution >= 0.6 is 0 Å². The van der Waals surface area contributed by atoms with Crippen molar-refractivity contribution in [2.24, 2.45) is 0 Å². The molecule has 0 bridgehead atoms. The molecule has 1 N–H and O–H groups in total. The van der Waals surface area contributed by atoms with Crippen molar-refractivity contribution >= 4 is 11.8 Å².